The standard InChI is InChI=1S/C10H6BrClFN/c1-5-2-6-3-7(13)4-8(11)9(6)14-10(5)12/h2-4H,1H3. The Hall–Kier alpha value is -0.670. The number of halogens is 3. The van der Waals surface area contributed by atoms with Crippen molar-refractivity contribution in [3.05, 3.63) is 39.2 Å². The first-order valence-corrected chi connectivity index (χ1v) is 5.17. The van der Waals surface area contributed by atoms with E-state index in [1.807, 2.05) is 13.0 Å². The highest BCUT2D eigenvalue weighted by Crippen LogP contribution is 2.27. The fraction of sp³-hybridized carbons (Fsp3) is 0.100. The lowest BCUT2D eigenvalue weighted by Crippen LogP contribution is -1.87. The number of pyridine rings is 1. The molecule has 1 aromatic carbocycles. The van der Waals surface area contributed by atoms with Crippen molar-refractivity contribution in [1.82, 2.24) is 4.98 Å². The van der Waals surface area contributed by atoms with Crippen LogP contribution < -0.4 is 0 Å². The summed E-state index contributed by atoms with van der Waals surface area (Å²) in [6.45, 7) is 1.84. The molecular formula is C10H6BrClFN. The maximum Gasteiger partial charge on any atom is 0.132 e. The molecule has 1 heterocycles. The molecule has 0 aliphatic heterocycles. The molecule has 1 aromatic heterocycles. The van der Waals surface area contributed by atoms with Gasteiger partial charge in [0.05, 0.1) is 5.52 Å². The number of aryl methyl sites for hydroxylation is 1. The Labute approximate surface area is 94.0 Å². The molecule has 0 radical (unpaired) electrons. The zero-order valence-corrected chi connectivity index (χ0v) is 9.66. The zero-order valence-electron chi connectivity index (χ0n) is 7.31. The molecule has 0 atom stereocenters. The average Bonchev–Trinajstić information content (AvgIpc) is 2.08. The summed E-state index contributed by atoms with van der Waals surface area (Å²) in [5.74, 6) is -0.284. The van der Waals surface area contributed by atoms with E-state index in [9.17, 15) is 4.39 Å². The lowest BCUT2D eigenvalue weighted by Gasteiger charge is -2.03. The third kappa shape index (κ3) is 1.62. The van der Waals surface area contributed by atoms with Crippen molar-refractivity contribution in [2.24, 2.45) is 0 Å². The van der Waals surface area contributed by atoms with Crippen molar-refractivity contribution in [1.29, 1.82) is 0 Å². The molecule has 0 bridgehead atoms. The molecule has 2 rings (SSSR count). The summed E-state index contributed by atoms with van der Waals surface area (Å²) in [5.41, 5.74) is 1.53. The number of hydrogen-bond acceptors (Lipinski definition) is 1. The van der Waals surface area contributed by atoms with Crippen LogP contribution in [0.5, 0.6) is 0 Å². The van der Waals surface area contributed by atoms with Crippen molar-refractivity contribution in [2.45, 2.75) is 6.92 Å². The van der Waals surface area contributed by atoms with Crippen LogP contribution in [-0.2, 0) is 0 Å². The number of rotatable bonds is 0. The van der Waals surface area contributed by atoms with Crippen LogP contribution >= 0.6 is 27.5 Å². The first kappa shape index (κ1) is 9.87. The van der Waals surface area contributed by atoms with Gasteiger partial charge < -0.3 is 0 Å². The summed E-state index contributed by atoms with van der Waals surface area (Å²) in [6.07, 6.45) is 0. The molecule has 0 saturated heterocycles. The molecule has 0 aliphatic carbocycles. The molecule has 4 heteroatoms. The van der Waals surface area contributed by atoms with E-state index in [4.69, 9.17) is 11.6 Å². The zero-order chi connectivity index (χ0) is 10.3. The van der Waals surface area contributed by atoms with Crippen molar-refractivity contribution >= 4 is 38.4 Å². The topological polar surface area (TPSA) is 12.9 Å². The van der Waals surface area contributed by atoms with Gasteiger partial charge in [0.15, 0.2) is 0 Å². The van der Waals surface area contributed by atoms with E-state index in [1.165, 1.54) is 12.1 Å². The van der Waals surface area contributed by atoms with Gasteiger partial charge in [-0.25, -0.2) is 9.37 Å². The molecule has 0 fully saturated rings. The lowest BCUT2D eigenvalue weighted by molar-refractivity contribution is 0.629. The highest BCUT2D eigenvalue weighted by atomic mass is 79.9. The largest absolute Gasteiger partial charge is 0.235 e. The fourth-order valence-electron chi connectivity index (χ4n) is 1.29. The Bertz CT molecular complexity index is 513. The van der Waals surface area contributed by atoms with Gasteiger partial charge in [-0.15, -0.1) is 0 Å². The highest BCUT2D eigenvalue weighted by molar-refractivity contribution is 9.10. The van der Waals surface area contributed by atoms with Crippen LogP contribution in [0.15, 0.2) is 22.7 Å². The minimum absolute atomic E-state index is 0.284. The Balaban J connectivity index is 2.89. The normalized spacial score (nSPS) is 10.9. The molecule has 0 amide bonds. The van der Waals surface area contributed by atoms with Crippen LogP contribution in [0.4, 0.5) is 4.39 Å². The van der Waals surface area contributed by atoms with E-state index in [2.05, 4.69) is 20.9 Å². The molecule has 0 unspecified atom stereocenters. The summed E-state index contributed by atoms with van der Waals surface area (Å²) in [5, 5.41) is 1.20. The second kappa shape index (κ2) is 3.48. The minimum Gasteiger partial charge on any atom is -0.235 e. The monoisotopic (exact) mass is 273 g/mol. The number of hydrogen-bond donors (Lipinski definition) is 0. The predicted molar refractivity (Wildman–Crippen MR) is 59.1 cm³/mol. The summed E-state index contributed by atoms with van der Waals surface area (Å²) < 4.78 is 13.7. The van der Waals surface area contributed by atoms with E-state index in [-0.39, 0.29) is 5.82 Å². The maximum absolute atomic E-state index is 13.0. The molecular weight excluding hydrogens is 268 g/mol. The van der Waals surface area contributed by atoms with Crippen LogP contribution in [0.25, 0.3) is 10.9 Å². The Morgan fingerprint density at radius 1 is 1.36 bits per heavy atom. The number of aromatic nitrogens is 1. The smallest absolute Gasteiger partial charge is 0.132 e. The maximum atomic E-state index is 13.0. The molecule has 0 spiro atoms. The second-order valence-electron chi connectivity index (χ2n) is 3.06. The van der Waals surface area contributed by atoms with Gasteiger partial charge in [0.25, 0.3) is 0 Å². The van der Waals surface area contributed by atoms with Crippen molar-refractivity contribution < 1.29 is 4.39 Å². The molecule has 0 N–H and O–H groups in total. The van der Waals surface area contributed by atoms with Gasteiger partial charge in [-0.1, -0.05) is 11.6 Å². The summed E-state index contributed by atoms with van der Waals surface area (Å²) >= 11 is 9.12. The first-order valence-electron chi connectivity index (χ1n) is 4.00. The van der Waals surface area contributed by atoms with E-state index in [0.717, 1.165) is 10.9 Å². The van der Waals surface area contributed by atoms with Crippen molar-refractivity contribution in [2.75, 3.05) is 0 Å². The SMILES string of the molecule is Cc1cc2cc(F)cc(Br)c2nc1Cl. The molecule has 2 aromatic rings. The summed E-state index contributed by atoms with van der Waals surface area (Å²) in [7, 11) is 0. The first-order chi connectivity index (χ1) is 6.58. The van der Waals surface area contributed by atoms with Crippen molar-refractivity contribution in [3.8, 4) is 0 Å². The van der Waals surface area contributed by atoms with Gasteiger partial charge in [-0.05, 0) is 46.6 Å². The van der Waals surface area contributed by atoms with Gasteiger partial charge in [-0.2, -0.15) is 0 Å². The molecule has 14 heavy (non-hydrogen) atoms. The van der Waals surface area contributed by atoms with Gasteiger partial charge in [0.1, 0.15) is 11.0 Å². The Morgan fingerprint density at radius 2 is 2.07 bits per heavy atom. The molecule has 72 valence electrons. The number of fused-ring (bicyclic) bond motifs is 1. The van der Waals surface area contributed by atoms with Crippen LogP contribution in [0.1, 0.15) is 5.56 Å². The van der Waals surface area contributed by atoms with Gasteiger partial charge in [0.2, 0.25) is 0 Å². The van der Waals surface area contributed by atoms with E-state index in [0.29, 0.717) is 15.1 Å². The van der Waals surface area contributed by atoms with Gasteiger partial charge >= 0.3 is 0 Å². The third-order valence-electron chi connectivity index (χ3n) is 1.97. The lowest BCUT2D eigenvalue weighted by atomic mass is 10.2. The minimum atomic E-state index is -0.284. The Morgan fingerprint density at radius 3 is 2.79 bits per heavy atom. The summed E-state index contributed by atoms with van der Waals surface area (Å²) in [4.78, 5) is 4.17. The molecule has 1 nitrogen and oxygen atoms in total. The number of benzene rings is 1. The molecule has 0 aliphatic rings. The average molecular weight is 275 g/mol. The van der Waals surface area contributed by atoms with Gasteiger partial charge in [0, 0.05) is 9.86 Å². The number of nitrogens with zero attached hydrogens (tertiary/aromatic N) is 1. The van der Waals surface area contributed by atoms with E-state index < -0.39 is 0 Å². The van der Waals surface area contributed by atoms with E-state index >= 15 is 0 Å². The summed E-state index contributed by atoms with van der Waals surface area (Å²) in [6, 6.07) is 4.63. The second-order valence-corrected chi connectivity index (χ2v) is 4.27. The quantitative estimate of drug-likeness (QED) is 0.659. The molecule has 0 saturated carbocycles. The third-order valence-corrected chi connectivity index (χ3v) is 2.95. The highest BCUT2D eigenvalue weighted by Gasteiger charge is 2.06. The predicted octanol–water partition coefficient (Wildman–Crippen LogP) is 4.10. The van der Waals surface area contributed by atoms with Crippen LogP contribution in [0.2, 0.25) is 5.15 Å². The fourth-order valence-corrected chi connectivity index (χ4v) is 1.97. The van der Waals surface area contributed by atoms with Crippen LogP contribution in [-0.4, -0.2) is 4.98 Å². The Kier molecular flexibility index (Phi) is 2.45. The van der Waals surface area contributed by atoms with Gasteiger partial charge in [-0.3, -0.25) is 0 Å². The van der Waals surface area contributed by atoms with Crippen LogP contribution in [0, 0.1) is 12.7 Å². The van der Waals surface area contributed by atoms with Crippen molar-refractivity contribution in [3.63, 3.8) is 0 Å². The van der Waals surface area contributed by atoms with Crippen LogP contribution in [0.3, 0.4) is 0 Å². The van der Waals surface area contributed by atoms with E-state index in [1.54, 1.807) is 0 Å².